The third-order valence-corrected chi connectivity index (χ3v) is 13.6. The summed E-state index contributed by atoms with van der Waals surface area (Å²) in [5.41, 5.74) is 1.94. The molecule has 0 bridgehead atoms. The van der Waals surface area contributed by atoms with E-state index in [2.05, 4.69) is 53.2 Å². The zero-order valence-corrected chi connectivity index (χ0v) is 47.7. The number of rotatable bonds is 22. The molecule has 2 heterocycles. The number of alkyl carbamates (subject to hydrolysis) is 2. The van der Waals surface area contributed by atoms with E-state index >= 15 is 0 Å². The van der Waals surface area contributed by atoms with E-state index in [4.69, 9.17) is 18.9 Å². The van der Waals surface area contributed by atoms with Gasteiger partial charge < -0.3 is 72.1 Å². The summed E-state index contributed by atoms with van der Waals surface area (Å²) in [5, 5.41) is 25.3. The van der Waals surface area contributed by atoms with E-state index in [0.29, 0.717) is 22.3 Å². The van der Waals surface area contributed by atoms with Crippen LogP contribution < -0.4 is 57.9 Å². The summed E-state index contributed by atoms with van der Waals surface area (Å²) in [4.78, 5) is 143. The molecular weight excluding hydrogens is 1100 g/mol. The average Bonchev–Trinajstić information content (AvgIpc) is 1.68. The van der Waals surface area contributed by atoms with E-state index in [1.807, 2.05) is 12.1 Å². The molecule has 85 heavy (non-hydrogen) atoms. The molecule has 5 aromatic carbocycles. The van der Waals surface area contributed by atoms with E-state index in [-0.39, 0.29) is 36.1 Å². The van der Waals surface area contributed by atoms with Crippen LogP contribution in [0.5, 0.6) is 11.5 Å². The van der Waals surface area contributed by atoms with Crippen molar-refractivity contribution < 1.29 is 71.7 Å². The molecule has 0 aromatic heterocycles. The topological polar surface area (TPSA) is 345 Å². The molecule has 10 N–H and O–H groups in total. The smallest absolute Gasteiger partial charge is 0.408 e. The normalized spacial score (nSPS) is 15.1. The first-order valence-electron chi connectivity index (χ1n) is 27.1. The van der Waals surface area contributed by atoms with Crippen molar-refractivity contribution in [3.63, 3.8) is 0 Å². The molecule has 7 rings (SSSR count). The molecule has 25 nitrogen and oxygen atoms in total. The second-order valence-corrected chi connectivity index (χ2v) is 20.4. The van der Waals surface area contributed by atoms with Gasteiger partial charge in [0.25, 0.3) is 0 Å². The minimum atomic E-state index is -1.55. The number of anilines is 2. The lowest BCUT2D eigenvalue weighted by Crippen LogP contribution is -2.55. The van der Waals surface area contributed by atoms with Crippen LogP contribution in [0, 0.1) is 0 Å². The maximum absolute atomic E-state index is 13.6. The SMILES string of the molecule is C[C@H](NC(=O)OCc1ccccc1)C(=O)N[C@@H](C)C(=O)N[C@@H](C)C(=O)N[C@@H](C)C(=O)Nc1ccc2c(c1)Oc1cc(NC(=O)[C@H](C)NC(=O)[C@H](C)NC(=O)[C@H](C)NC(=O)[C@H](C)NC(=O)OCc3ccccc3)ccc1C21OC(=O)c2ccccc21. The highest BCUT2D eigenvalue weighted by atomic mass is 16.6. The Hall–Kier alpha value is -10.3. The van der Waals surface area contributed by atoms with E-state index < -0.39 is 119 Å². The monoisotopic (exact) mass is 1170 g/mol. The van der Waals surface area contributed by atoms with E-state index in [0.717, 1.165) is 11.1 Å². The molecule has 0 saturated heterocycles. The number of hydrogen-bond donors (Lipinski definition) is 10. The number of carbonyl (C=O) groups is 11. The second kappa shape index (κ2) is 27.6. The Morgan fingerprint density at radius 3 is 1.07 bits per heavy atom. The largest absolute Gasteiger partial charge is 0.456 e. The highest BCUT2D eigenvalue weighted by Gasteiger charge is 2.53. The molecule has 5 aromatic rings. The fraction of sp³-hybridized carbons (Fsp3) is 0.317. The van der Waals surface area contributed by atoms with Gasteiger partial charge in [-0.1, -0.05) is 78.9 Å². The minimum absolute atomic E-state index is 0.0162. The van der Waals surface area contributed by atoms with Crippen molar-refractivity contribution in [3.05, 3.63) is 155 Å². The van der Waals surface area contributed by atoms with Gasteiger partial charge >= 0.3 is 18.2 Å². The Kier molecular flexibility index (Phi) is 20.2. The lowest BCUT2D eigenvalue weighted by molar-refractivity contribution is -0.132. The summed E-state index contributed by atoms with van der Waals surface area (Å²) in [7, 11) is 0. The number of hydrogen-bond acceptors (Lipinski definition) is 15. The molecule has 446 valence electrons. The Balaban J connectivity index is 0.923. The number of fused-ring (bicyclic) bond motifs is 6. The van der Waals surface area contributed by atoms with Gasteiger partial charge in [-0.05, 0) is 96.8 Å². The molecule has 8 atom stereocenters. The minimum Gasteiger partial charge on any atom is -0.456 e. The van der Waals surface area contributed by atoms with Gasteiger partial charge in [-0.15, -0.1) is 0 Å². The van der Waals surface area contributed by atoms with Crippen LogP contribution in [-0.2, 0) is 71.4 Å². The first-order chi connectivity index (χ1) is 40.4. The van der Waals surface area contributed by atoms with Crippen LogP contribution in [0.25, 0.3) is 0 Å². The summed E-state index contributed by atoms with van der Waals surface area (Å²) in [6.07, 6.45) is -1.68. The number of benzene rings is 5. The number of nitrogens with one attached hydrogen (secondary N) is 10. The molecule has 2 aliphatic rings. The molecular formula is C60H66N10O15. The molecule has 0 radical (unpaired) electrons. The van der Waals surface area contributed by atoms with Crippen molar-refractivity contribution in [2.45, 2.75) is 123 Å². The average molecular weight is 1170 g/mol. The predicted molar refractivity (Wildman–Crippen MR) is 306 cm³/mol. The van der Waals surface area contributed by atoms with Gasteiger partial charge in [0, 0.05) is 40.2 Å². The molecule has 0 saturated carbocycles. The summed E-state index contributed by atoms with van der Waals surface area (Å²) < 4.78 is 23.0. The molecule has 1 spiro atoms. The number of esters is 1. The fourth-order valence-corrected chi connectivity index (χ4v) is 8.77. The van der Waals surface area contributed by atoms with Crippen molar-refractivity contribution in [1.82, 2.24) is 42.5 Å². The van der Waals surface area contributed by atoms with Crippen molar-refractivity contribution >= 4 is 76.8 Å². The van der Waals surface area contributed by atoms with Crippen molar-refractivity contribution in [1.29, 1.82) is 0 Å². The zero-order chi connectivity index (χ0) is 61.7. The lowest BCUT2D eigenvalue weighted by Gasteiger charge is -2.37. The molecule has 2 aliphatic heterocycles. The maximum Gasteiger partial charge on any atom is 0.408 e. The van der Waals surface area contributed by atoms with Crippen LogP contribution in [0.15, 0.2) is 121 Å². The summed E-state index contributed by atoms with van der Waals surface area (Å²) in [6, 6.07) is 24.9. The highest BCUT2D eigenvalue weighted by Crippen LogP contribution is 2.56. The summed E-state index contributed by atoms with van der Waals surface area (Å²) in [6.45, 7) is 11.2. The first kappa shape index (κ1) is 62.3. The standard InChI is InChI=1S/C60H66N10O15/c1-31(61-49(71)33(3)63-53(75)37(7)67-58(80)82-29-39-17-11-9-12-18-39)51(73)65-35(5)55(77)69-41-23-25-45-47(27-41)84-48-28-42(24-26-46(48)60(45)44-22-16-15-21-43(44)57(79)85-60)70-56(78)36(6)66-52(74)32(2)62-50(72)34(4)64-54(76)38(8)68-59(81)83-30-40-19-13-10-14-20-40/h9-28,31-38H,29-30H2,1-8H3,(H,61,71)(H,62,72)(H,63,75)(H,64,76)(H,65,73)(H,66,74)(H,67,80)(H,68,81)(H,69,77)(H,70,78)/t31-,32-,33-,34-,35-,36-,37-,38-/m0/s1. The summed E-state index contributed by atoms with van der Waals surface area (Å²) in [5.74, 6) is -5.93. The van der Waals surface area contributed by atoms with Gasteiger partial charge in [-0.2, -0.15) is 0 Å². The molecule has 0 fully saturated rings. The van der Waals surface area contributed by atoms with Gasteiger partial charge in [-0.25, -0.2) is 14.4 Å². The molecule has 10 amide bonds. The Labute approximate surface area is 488 Å². The predicted octanol–water partition coefficient (Wildman–Crippen LogP) is 3.79. The fourth-order valence-electron chi connectivity index (χ4n) is 8.77. The zero-order valence-electron chi connectivity index (χ0n) is 47.7. The van der Waals surface area contributed by atoms with Gasteiger partial charge in [0.05, 0.1) is 5.56 Å². The van der Waals surface area contributed by atoms with Crippen molar-refractivity contribution in [2.24, 2.45) is 0 Å². The third-order valence-electron chi connectivity index (χ3n) is 13.6. The van der Waals surface area contributed by atoms with Crippen LogP contribution in [0.2, 0.25) is 0 Å². The Morgan fingerprint density at radius 1 is 0.388 bits per heavy atom. The molecule has 25 heteroatoms. The number of carbonyl (C=O) groups excluding carboxylic acids is 11. The van der Waals surface area contributed by atoms with Gasteiger partial charge in [0.2, 0.25) is 47.3 Å². The van der Waals surface area contributed by atoms with Crippen molar-refractivity contribution in [3.8, 4) is 11.5 Å². The van der Waals surface area contributed by atoms with Gasteiger partial charge in [-0.3, -0.25) is 38.4 Å². The quantitative estimate of drug-likeness (QED) is 0.0348. The number of amides is 10. The highest BCUT2D eigenvalue weighted by molar-refractivity contribution is 6.01. The van der Waals surface area contributed by atoms with Crippen molar-refractivity contribution in [2.75, 3.05) is 10.6 Å². The van der Waals surface area contributed by atoms with Gasteiger partial charge in [0.1, 0.15) is 73.0 Å². The first-order valence-corrected chi connectivity index (χ1v) is 27.1. The molecule has 0 aliphatic carbocycles. The Morgan fingerprint density at radius 2 is 0.706 bits per heavy atom. The van der Waals surface area contributed by atoms with E-state index in [1.54, 1.807) is 97.1 Å². The summed E-state index contributed by atoms with van der Waals surface area (Å²) >= 11 is 0. The number of ether oxygens (including phenoxy) is 4. The van der Waals surface area contributed by atoms with Crippen LogP contribution in [0.4, 0.5) is 21.0 Å². The van der Waals surface area contributed by atoms with Crippen LogP contribution in [0.3, 0.4) is 0 Å². The maximum atomic E-state index is 13.6. The Bertz CT molecular complexity index is 3190. The van der Waals surface area contributed by atoms with Crippen LogP contribution >= 0.6 is 0 Å². The third kappa shape index (κ3) is 15.6. The molecule has 0 unspecified atom stereocenters. The lowest BCUT2D eigenvalue weighted by atomic mass is 9.77. The van der Waals surface area contributed by atoms with E-state index in [1.165, 1.54) is 67.5 Å². The second-order valence-electron chi connectivity index (χ2n) is 20.4. The van der Waals surface area contributed by atoms with Crippen LogP contribution in [-0.4, -0.2) is 114 Å². The van der Waals surface area contributed by atoms with Crippen LogP contribution in [0.1, 0.15) is 93.6 Å². The van der Waals surface area contributed by atoms with E-state index in [9.17, 15) is 52.7 Å². The van der Waals surface area contributed by atoms with Gasteiger partial charge in [0.15, 0.2) is 5.60 Å².